The quantitative estimate of drug-likeness (QED) is 0.121. The summed E-state index contributed by atoms with van der Waals surface area (Å²) in [6, 6.07) is 13.5. The van der Waals surface area contributed by atoms with Crippen LogP contribution in [0.1, 0.15) is 96.7 Å². The highest BCUT2D eigenvalue weighted by atomic mass is 35.5. The van der Waals surface area contributed by atoms with Crippen molar-refractivity contribution in [3.63, 3.8) is 0 Å². The number of para-hydroxylation sites is 1. The maximum absolute atomic E-state index is 13.9. The average Bonchev–Trinajstić information content (AvgIpc) is 3.71. The number of aryl methyl sites for hydroxylation is 2. The number of urea groups is 1. The van der Waals surface area contributed by atoms with Crippen LogP contribution in [0.4, 0.5) is 10.5 Å². The van der Waals surface area contributed by atoms with E-state index in [1.54, 1.807) is 48.6 Å². The standard InChI is InChI=1S/C43H48ClN9O5S/c1-26-27(2)59-40-37(26)38(29-17-19-30(44)20-18-29)47-32(39-50-49-28(3)53(39)40)24-35(55)45-21-11-7-5-6-8-12-22-46-36(56)25-51-33-15-10-9-14-31(33)43(4,41(51)57)52-23-13-16-34(54)48-42(52)58/h9-10,13-20,32H,5-8,11-12,21-25H2,1-4H3,(H,45,55)(H,46,56)(H,48,54,58)/t32-,43?/m0/s1. The Morgan fingerprint density at radius 2 is 1.59 bits per heavy atom. The number of hydrogen-bond acceptors (Lipinski definition) is 9. The second-order valence-electron chi connectivity index (χ2n) is 15.2. The predicted octanol–water partition coefficient (Wildman–Crippen LogP) is 6.13. The molecule has 1 unspecified atom stereocenters. The number of unbranched alkanes of at least 4 members (excludes halogenated alkanes) is 5. The van der Waals surface area contributed by atoms with E-state index in [0.717, 1.165) is 71.8 Å². The van der Waals surface area contributed by atoms with Gasteiger partial charge in [-0.2, -0.15) is 0 Å². The third-order valence-corrected chi connectivity index (χ3v) is 12.7. The van der Waals surface area contributed by atoms with Crippen molar-refractivity contribution in [3.8, 4) is 5.00 Å². The van der Waals surface area contributed by atoms with Crippen LogP contribution in [0.5, 0.6) is 0 Å². The monoisotopic (exact) mass is 837 g/mol. The number of fused-ring (bicyclic) bond motifs is 4. The number of nitrogens with one attached hydrogen (secondary N) is 3. The number of amides is 6. The van der Waals surface area contributed by atoms with Crippen LogP contribution in [0.15, 0.2) is 65.7 Å². The molecule has 3 N–H and O–H groups in total. The topological polar surface area (TPSA) is 171 Å². The van der Waals surface area contributed by atoms with Crippen LogP contribution >= 0.6 is 22.9 Å². The number of aromatic nitrogens is 3. The Hall–Kier alpha value is -5.67. The summed E-state index contributed by atoms with van der Waals surface area (Å²) in [6.45, 7) is 8.67. The number of thiophene rings is 1. The Morgan fingerprint density at radius 1 is 0.915 bits per heavy atom. The molecule has 0 spiro atoms. The fraction of sp³-hybridized carbons (Fsp3) is 0.395. The Labute approximate surface area is 352 Å². The summed E-state index contributed by atoms with van der Waals surface area (Å²) in [7, 11) is 0. The van der Waals surface area contributed by atoms with Crippen molar-refractivity contribution in [1.82, 2.24) is 35.6 Å². The van der Waals surface area contributed by atoms with Gasteiger partial charge in [-0.25, -0.2) is 4.79 Å². The number of benzene rings is 2. The van der Waals surface area contributed by atoms with Gasteiger partial charge in [0, 0.05) is 52.3 Å². The first-order chi connectivity index (χ1) is 28.4. The fourth-order valence-corrected chi connectivity index (χ4v) is 9.31. The van der Waals surface area contributed by atoms with Gasteiger partial charge in [0.2, 0.25) is 11.8 Å². The molecule has 5 heterocycles. The van der Waals surface area contributed by atoms with Crippen molar-refractivity contribution in [2.75, 3.05) is 31.1 Å². The van der Waals surface area contributed by atoms with Crippen LogP contribution in [-0.4, -0.2) is 81.2 Å². The lowest BCUT2D eigenvalue weighted by Crippen LogP contribution is -2.57. The van der Waals surface area contributed by atoms with Crippen LogP contribution in [0, 0.1) is 20.8 Å². The van der Waals surface area contributed by atoms with Crippen LogP contribution in [0.3, 0.4) is 0 Å². The van der Waals surface area contributed by atoms with Crippen LogP contribution in [-0.2, 0) is 24.7 Å². The summed E-state index contributed by atoms with van der Waals surface area (Å²) in [5, 5.41) is 18.8. The molecule has 0 radical (unpaired) electrons. The molecule has 308 valence electrons. The van der Waals surface area contributed by atoms with Crippen LogP contribution in [0.2, 0.25) is 5.02 Å². The van der Waals surface area contributed by atoms with Gasteiger partial charge in [0.05, 0.1) is 17.8 Å². The molecule has 14 nitrogen and oxygen atoms in total. The first kappa shape index (κ1) is 41.5. The molecule has 16 heteroatoms. The van der Waals surface area contributed by atoms with Crippen molar-refractivity contribution in [2.45, 2.75) is 84.2 Å². The summed E-state index contributed by atoms with van der Waals surface area (Å²) in [5.41, 5.74) is 3.66. The number of rotatable bonds is 15. The lowest BCUT2D eigenvalue weighted by atomic mass is 9.91. The van der Waals surface area contributed by atoms with E-state index in [1.165, 1.54) is 20.8 Å². The molecular weight excluding hydrogens is 790 g/mol. The van der Waals surface area contributed by atoms with E-state index < -0.39 is 29.4 Å². The van der Waals surface area contributed by atoms with Crippen molar-refractivity contribution < 1.29 is 24.0 Å². The van der Waals surface area contributed by atoms with Gasteiger partial charge in [0.15, 0.2) is 5.82 Å². The van der Waals surface area contributed by atoms with Crippen LogP contribution < -0.4 is 20.9 Å². The molecule has 6 amide bonds. The van der Waals surface area contributed by atoms with Gasteiger partial charge in [-0.05, 0) is 64.3 Å². The molecule has 0 saturated carbocycles. The molecule has 4 aromatic rings. The Kier molecular flexibility index (Phi) is 12.4. The largest absolute Gasteiger partial charge is 0.356 e. The highest BCUT2D eigenvalue weighted by Gasteiger charge is 2.53. The normalized spacial score (nSPS) is 18.4. The van der Waals surface area contributed by atoms with Gasteiger partial charge >= 0.3 is 6.03 Å². The number of imide groups is 1. The second-order valence-corrected chi connectivity index (χ2v) is 16.9. The number of halogens is 1. The summed E-state index contributed by atoms with van der Waals surface area (Å²) < 4.78 is 2.04. The lowest BCUT2D eigenvalue weighted by Gasteiger charge is -2.35. The molecular formula is C43H48ClN9O5S. The van der Waals surface area contributed by atoms with Gasteiger partial charge in [0.25, 0.3) is 11.8 Å². The van der Waals surface area contributed by atoms with Gasteiger partial charge in [-0.15, -0.1) is 21.5 Å². The number of carbonyl (C=O) groups is 5. The van der Waals surface area contributed by atoms with Gasteiger partial charge in [0.1, 0.15) is 29.0 Å². The molecule has 3 aliphatic heterocycles. The lowest BCUT2D eigenvalue weighted by molar-refractivity contribution is -0.129. The molecule has 2 atom stereocenters. The maximum atomic E-state index is 13.9. The molecule has 7 rings (SSSR count). The zero-order valence-corrected chi connectivity index (χ0v) is 35.2. The zero-order valence-electron chi connectivity index (χ0n) is 33.6. The SMILES string of the molecule is Cc1sc2c(c1C)C(c1ccc(Cl)cc1)=N[C@@H](CC(=O)NCCCCCCCCNC(=O)CN1C(=O)C(C)(N3CC=CC(=O)NC3=O)c3ccccc31)c1nnc(C)n1-2. The average molecular weight is 838 g/mol. The summed E-state index contributed by atoms with van der Waals surface area (Å²) in [6.07, 6.45) is 8.43. The summed E-state index contributed by atoms with van der Waals surface area (Å²) >= 11 is 7.91. The number of aliphatic imine (C=N–C) groups is 1. The highest BCUT2D eigenvalue weighted by molar-refractivity contribution is 7.15. The molecule has 0 aliphatic carbocycles. The van der Waals surface area contributed by atoms with Crippen molar-refractivity contribution in [1.29, 1.82) is 0 Å². The predicted molar refractivity (Wildman–Crippen MR) is 227 cm³/mol. The van der Waals surface area contributed by atoms with Crippen molar-refractivity contribution in [3.05, 3.63) is 104 Å². The van der Waals surface area contributed by atoms with Gasteiger partial charge in [-0.3, -0.25) is 34.1 Å². The molecule has 2 aromatic carbocycles. The number of carbonyl (C=O) groups excluding carboxylic acids is 5. The molecule has 0 bridgehead atoms. The number of anilines is 1. The smallest absolute Gasteiger partial charge is 0.325 e. The Bertz CT molecular complexity index is 2350. The van der Waals surface area contributed by atoms with Crippen molar-refractivity contribution >= 4 is 64.0 Å². The third kappa shape index (κ3) is 8.44. The molecule has 3 aliphatic rings. The Balaban J connectivity index is 0.841. The van der Waals surface area contributed by atoms with Crippen molar-refractivity contribution in [2.24, 2.45) is 4.99 Å². The van der Waals surface area contributed by atoms with E-state index in [4.69, 9.17) is 16.6 Å². The van der Waals surface area contributed by atoms with E-state index in [9.17, 15) is 24.0 Å². The highest BCUT2D eigenvalue weighted by Crippen LogP contribution is 2.44. The molecule has 59 heavy (non-hydrogen) atoms. The minimum Gasteiger partial charge on any atom is -0.356 e. The molecule has 0 saturated heterocycles. The van der Waals surface area contributed by atoms with Crippen LogP contribution in [0.25, 0.3) is 5.00 Å². The maximum Gasteiger partial charge on any atom is 0.325 e. The summed E-state index contributed by atoms with van der Waals surface area (Å²) in [4.78, 5) is 74.1. The van der Waals surface area contributed by atoms with E-state index in [0.29, 0.717) is 35.2 Å². The third-order valence-electron chi connectivity index (χ3n) is 11.2. The first-order valence-electron chi connectivity index (χ1n) is 20.0. The van der Waals surface area contributed by atoms with E-state index in [1.807, 2.05) is 35.8 Å². The Morgan fingerprint density at radius 3 is 2.32 bits per heavy atom. The minimum atomic E-state index is -1.39. The molecule has 0 fully saturated rings. The summed E-state index contributed by atoms with van der Waals surface area (Å²) in [5.74, 6) is 0.0418. The number of hydrogen-bond donors (Lipinski definition) is 3. The van der Waals surface area contributed by atoms with E-state index >= 15 is 0 Å². The van der Waals surface area contributed by atoms with Gasteiger partial charge in [-0.1, -0.05) is 73.7 Å². The fourth-order valence-electron chi connectivity index (χ4n) is 7.97. The number of nitrogens with zero attached hydrogens (tertiary/aromatic N) is 6. The first-order valence-corrected chi connectivity index (χ1v) is 21.2. The minimum absolute atomic E-state index is 0.0635. The molecule has 2 aromatic heterocycles. The zero-order chi connectivity index (χ0) is 41.8. The van der Waals surface area contributed by atoms with Gasteiger partial charge < -0.3 is 20.4 Å². The van der Waals surface area contributed by atoms with E-state index in [2.05, 4.69) is 40.0 Å². The second kappa shape index (κ2) is 17.7. The van der Waals surface area contributed by atoms with E-state index in [-0.39, 0.29) is 31.3 Å².